The normalized spacial score (nSPS) is 24.9. The summed E-state index contributed by atoms with van der Waals surface area (Å²) < 4.78 is 5.26. The van der Waals surface area contributed by atoms with Gasteiger partial charge in [-0.05, 0) is 44.4 Å². The molecule has 2 amide bonds. The molecule has 2 fully saturated rings. The Bertz CT molecular complexity index is 783. The maximum atomic E-state index is 13.1. The molecule has 2 saturated heterocycles. The quantitative estimate of drug-likeness (QED) is 0.846. The SMILES string of the molecule is COc1ccc(Cl)cc1C(=O)N1CCCC1C(=O)N1CCC(C)(C(=O)O)C1. The fourth-order valence-electron chi connectivity index (χ4n) is 3.80. The summed E-state index contributed by atoms with van der Waals surface area (Å²) in [4.78, 5) is 40.6. The average molecular weight is 395 g/mol. The molecule has 0 radical (unpaired) electrons. The molecular formula is C19H23ClN2O5. The zero-order valence-electron chi connectivity index (χ0n) is 15.4. The average Bonchev–Trinajstić information content (AvgIpc) is 3.28. The van der Waals surface area contributed by atoms with E-state index in [1.807, 2.05) is 0 Å². The van der Waals surface area contributed by atoms with Gasteiger partial charge in [0, 0.05) is 24.7 Å². The molecule has 1 N–H and O–H groups in total. The minimum atomic E-state index is -0.931. The van der Waals surface area contributed by atoms with Crippen LogP contribution in [0.5, 0.6) is 5.75 Å². The van der Waals surface area contributed by atoms with Gasteiger partial charge in [0.2, 0.25) is 5.91 Å². The minimum Gasteiger partial charge on any atom is -0.496 e. The molecule has 2 atom stereocenters. The van der Waals surface area contributed by atoms with E-state index in [2.05, 4.69) is 0 Å². The van der Waals surface area contributed by atoms with Crippen molar-refractivity contribution < 1.29 is 24.2 Å². The van der Waals surface area contributed by atoms with Crippen LogP contribution in [0.25, 0.3) is 0 Å². The van der Waals surface area contributed by atoms with Crippen LogP contribution in [-0.2, 0) is 9.59 Å². The molecule has 2 heterocycles. The Morgan fingerprint density at radius 2 is 2.04 bits per heavy atom. The standard InChI is InChI=1S/C19H23ClN2O5/c1-19(18(25)26)7-9-21(11-19)17(24)14-4-3-8-22(14)16(23)13-10-12(20)5-6-15(13)27-2/h5-6,10,14H,3-4,7-9,11H2,1-2H3,(H,25,26). The molecule has 0 bridgehead atoms. The van der Waals surface area contributed by atoms with Gasteiger partial charge >= 0.3 is 5.97 Å². The number of benzene rings is 1. The smallest absolute Gasteiger partial charge is 0.311 e. The van der Waals surface area contributed by atoms with Crippen LogP contribution < -0.4 is 4.74 Å². The molecule has 2 aliphatic heterocycles. The molecule has 0 aromatic heterocycles. The van der Waals surface area contributed by atoms with Gasteiger partial charge in [0.05, 0.1) is 18.1 Å². The van der Waals surface area contributed by atoms with Gasteiger partial charge in [0.25, 0.3) is 5.91 Å². The molecule has 27 heavy (non-hydrogen) atoms. The van der Waals surface area contributed by atoms with Crippen LogP contribution in [0.1, 0.15) is 36.5 Å². The van der Waals surface area contributed by atoms with Crippen LogP contribution in [0.3, 0.4) is 0 Å². The first-order chi connectivity index (χ1) is 12.8. The van der Waals surface area contributed by atoms with E-state index in [-0.39, 0.29) is 18.4 Å². The van der Waals surface area contributed by atoms with Crippen molar-refractivity contribution in [3.8, 4) is 5.75 Å². The number of hydrogen-bond acceptors (Lipinski definition) is 4. The molecule has 146 valence electrons. The summed E-state index contributed by atoms with van der Waals surface area (Å²) in [5.41, 5.74) is -0.610. The number of nitrogens with zero attached hydrogens (tertiary/aromatic N) is 2. The predicted octanol–water partition coefficient (Wildman–Crippen LogP) is 2.28. The first-order valence-corrected chi connectivity index (χ1v) is 9.31. The Hall–Kier alpha value is -2.28. The number of amides is 2. The van der Waals surface area contributed by atoms with E-state index >= 15 is 0 Å². The molecule has 3 rings (SSSR count). The third kappa shape index (κ3) is 3.60. The van der Waals surface area contributed by atoms with Crippen molar-refractivity contribution in [1.29, 1.82) is 0 Å². The zero-order valence-corrected chi connectivity index (χ0v) is 16.2. The summed E-state index contributed by atoms with van der Waals surface area (Å²) >= 11 is 6.03. The lowest BCUT2D eigenvalue weighted by molar-refractivity contribution is -0.147. The van der Waals surface area contributed by atoms with Crippen LogP contribution in [0.2, 0.25) is 5.02 Å². The van der Waals surface area contributed by atoms with Gasteiger partial charge in [-0.2, -0.15) is 0 Å². The molecule has 7 nitrogen and oxygen atoms in total. The summed E-state index contributed by atoms with van der Waals surface area (Å²) in [6.07, 6.45) is 1.69. The van der Waals surface area contributed by atoms with Gasteiger partial charge in [0.15, 0.2) is 0 Å². The van der Waals surface area contributed by atoms with Crippen molar-refractivity contribution >= 4 is 29.4 Å². The fraction of sp³-hybridized carbons (Fsp3) is 0.526. The highest BCUT2D eigenvalue weighted by Gasteiger charge is 2.45. The molecule has 0 saturated carbocycles. The van der Waals surface area contributed by atoms with Crippen LogP contribution in [0.15, 0.2) is 18.2 Å². The van der Waals surface area contributed by atoms with E-state index < -0.39 is 17.4 Å². The number of likely N-dealkylation sites (tertiary alicyclic amines) is 2. The number of aliphatic carboxylic acids is 1. The number of carbonyl (C=O) groups is 3. The Morgan fingerprint density at radius 3 is 2.67 bits per heavy atom. The van der Waals surface area contributed by atoms with Crippen LogP contribution >= 0.6 is 11.6 Å². The van der Waals surface area contributed by atoms with Crippen molar-refractivity contribution in [2.75, 3.05) is 26.7 Å². The number of methoxy groups -OCH3 is 1. The van der Waals surface area contributed by atoms with Crippen molar-refractivity contribution in [1.82, 2.24) is 9.80 Å². The van der Waals surface area contributed by atoms with Gasteiger partial charge < -0.3 is 19.6 Å². The van der Waals surface area contributed by atoms with E-state index in [1.54, 1.807) is 34.9 Å². The number of carboxylic acid groups (broad SMARTS) is 1. The monoisotopic (exact) mass is 394 g/mol. The predicted molar refractivity (Wildman–Crippen MR) is 99.0 cm³/mol. The lowest BCUT2D eigenvalue weighted by Gasteiger charge is -2.29. The Labute approximate surface area is 162 Å². The third-order valence-electron chi connectivity index (χ3n) is 5.49. The van der Waals surface area contributed by atoms with E-state index in [4.69, 9.17) is 16.3 Å². The maximum absolute atomic E-state index is 13.1. The molecule has 0 spiro atoms. The maximum Gasteiger partial charge on any atom is 0.311 e. The zero-order chi connectivity index (χ0) is 19.8. The second kappa shape index (κ2) is 7.38. The molecule has 0 aliphatic carbocycles. The first-order valence-electron chi connectivity index (χ1n) is 8.93. The van der Waals surface area contributed by atoms with Gasteiger partial charge in [-0.3, -0.25) is 14.4 Å². The van der Waals surface area contributed by atoms with E-state index in [0.29, 0.717) is 42.3 Å². The van der Waals surface area contributed by atoms with Gasteiger partial charge in [0.1, 0.15) is 11.8 Å². The number of hydrogen-bond donors (Lipinski definition) is 1. The third-order valence-corrected chi connectivity index (χ3v) is 5.73. The summed E-state index contributed by atoms with van der Waals surface area (Å²) in [5, 5.41) is 9.80. The summed E-state index contributed by atoms with van der Waals surface area (Å²) in [6.45, 7) is 2.67. The van der Waals surface area contributed by atoms with E-state index in [0.717, 1.165) is 6.42 Å². The summed E-state index contributed by atoms with van der Waals surface area (Å²) in [5.74, 6) is -0.986. The minimum absolute atomic E-state index is 0.167. The van der Waals surface area contributed by atoms with Crippen molar-refractivity contribution in [2.24, 2.45) is 5.41 Å². The first kappa shape index (κ1) is 19.5. The molecule has 2 unspecified atom stereocenters. The molecule has 8 heteroatoms. The molecule has 2 aliphatic rings. The van der Waals surface area contributed by atoms with E-state index in [9.17, 15) is 19.5 Å². The Balaban J connectivity index is 1.80. The van der Waals surface area contributed by atoms with Crippen molar-refractivity contribution in [3.63, 3.8) is 0 Å². The summed E-state index contributed by atoms with van der Waals surface area (Å²) in [6, 6.07) is 4.22. The molecule has 1 aromatic carbocycles. The second-order valence-electron chi connectivity index (χ2n) is 7.38. The lowest BCUT2D eigenvalue weighted by Crippen LogP contribution is -2.48. The topological polar surface area (TPSA) is 87.2 Å². The number of halogens is 1. The number of ether oxygens (including phenoxy) is 1. The van der Waals surface area contributed by atoms with Gasteiger partial charge in [-0.15, -0.1) is 0 Å². The Morgan fingerprint density at radius 1 is 1.30 bits per heavy atom. The number of carboxylic acids is 1. The second-order valence-corrected chi connectivity index (χ2v) is 7.81. The van der Waals surface area contributed by atoms with Crippen LogP contribution in [0.4, 0.5) is 0 Å². The largest absolute Gasteiger partial charge is 0.496 e. The highest BCUT2D eigenvalue weighted by atomic mass is 35.5. The summed E-state index contributed by atoms with van der Waals surface area (Å²) in [7, 11) is 1.48. The van der Waals surface area contributed by atoms with Crippen LogP contribution in [-0.4, -0.2) is 65.5 Å². The highest BCUT2D eigenvalue weighted by Crippen LogP contribution is 2.33. The van der Waals surface area contributed by atoms with Crippen LogP contribution in [0, 0.1) is 5.41 Å². The van der Waals surface area contributed by atoms with E-state index in [1.165, 1.54) is 7.11 Å². The van der Waals surface area contributed by atoms with Crippen molar-refractivity contribution in [2.45, 2.75) is 32.2 Å². The Kier molecular flexibility index (Phi) is 5.33. The highest BCUT2D eigenvalue weighted by molar-refractivity contribution is 6.31. The lowest BCUT2D eigenvalue weighted by atomic mass is 9.90. The van der Waals surface area contributed by atoms with Crippen molar-refractivity contribution in [3.05, 3.63) is 28.8 Å². The van der Waals surface area contributed by atoms with Gasteiger partial charge in [-0.25, -0.2) is 0 Å². The number of carbonyl (C=O) groups excluding carboxylic acids is 2. The molecule has 1 aromatic rings. The van der Waals surface area contributed by atoms with Gasteiger partial charge in [-0.1, -0.05) is 11.6 Å². The molecular weight excluding hydrogens is 372 g/mol. The number of rotatable bonds is 4. The fourth-order valence-corrected chi connectivity index (χ4v) is 3.98.